The number of carbonyl (C=O) groups excluding carboxylic acids is 2. The van der Waals surface area contributed by atoms with Crippen molar-refractivity contribution in [3.63, 3.8) is 0 Å². The third-order valence-corrected chi connectivity index (χ3v) is 3.18. The van der Waals surface area contributed by atoms with Crippen LogP contribution in [0.1, 0.15) is 12.5 Å². The molecule has 7 nitrogen and oxygen atoms in total. The van der Waals surface area contributed by atoms with E-state index in [4.69, 9.17) is 9.47 Å². The van der Waals surface area contributed by atoms with Gasteiger partial charge in [0.1, 0.15) is 11.6 Å². The number of anilines is 1. The Hall–Kier alpha value is -3.16. The van der Waals surface area contributed by atoms with Crippen molar-refractivity contribution < 1.29 is 23.5 Å². The molecule has 0 saturated heterocycles. The fourth-order valence-electron chi connectivity index (χ4n) is 2.06. The van der Waals surface area contributed by atoms with Crippen LogP contribution in [0.15, 0.2) is 36.5 Å². The summed E-state index contributed by atoms with van der Waals surface area (Å²) in [5.41, 5.74) is 0.702. The Morgan fingerprint density at radius 1 is 1.24 bits per heavy atom. The van der Waals surface area contributed by atoms with E-state index >= 15 is 0 Å². The molecule has 25 heavy (non-hydrogen) atoms. The zero-order chi connectivity index (χ0) is 18.2. The molecule has 0 saturated carbocycles. The molecule has 0 fully saturated rings. The van der Waals surface area contributed by atoms with Crippen molar-refractivity contribution in [2.24, 2.45) is 0 Å². The number of halogens is 1. The SMILES string of the molecule is CCOc1ccc(F)cc1NC(=O)C(=O)NCc1cccnc1OC. The van der Waals surface area contributed by atoms with Gasteiger partial charge in [0.15, 0.2) is 0 Å². The second-order valence-electron chi connectivity index (χ2n) is 4.88. The van der Waals surface area contributed by atoms with Crippen LogP contribution in [-0.2, 0) is 16.1 Å². The smallest absolute Gasteiger partial charge is 0.313 e. The maximum absolute atomic E-state index is 13.4. The van der Waals surface area contributed by atoms with Crippen LogP contribution in [0, 0.1) is 5.82 Å². The Morgan fingerprint density at radius 2 is 2.04 bits per heavy atom. The molecule has 0 unspecified atom stereocenters. The van der Waals surface area contributed by atoms with Crippen LogP contribution in [0.2, 0.25) is 0 Å². The lowest BCUT2D eigenvalue weighted by atomic mass is 10.2. The predicted octanol–water partition coefficient (Wildman–Crippen LogP) is 1.88. The maximum Gasteiger partial charge on any atom is 0.313 e. The number of benzene rings is 1. The summed E-state index contributed by atoms with van der Waals surface area (Å²) in [6.07, 6.45) is 1.55. The molecule has 8 heteroatoms. The van der Waals surface area contributed by atoms with Crippen LogP contribution in [0.3, 0.4) is 0 Å². The molecular weight excluding hydrogens is 329 g/mol. The first-order valence-electron chi connectivity index (χ1n) is 7.54. The Labute approximate surface area is 144 Å². The largest absolute Gasteiger partial charge is 0.492 e. The van der Waals surface area contributed by atoms with E-state index in [0.29, 0.717) is 18.1 Å². The van der Waals surface area contributed by atoms with Crippen molar-refractivity contribution in [1.29, 1.82) is 0 Å². The molecule has 2 aromatic rings. The average Bonchev–Trinajstić information content (AvgIpc) is 2.62. The van der Waals surface area contributed by atoms with E-state index in [0.717, 1.165) is 6.07 Å². The molecule has 132 valence electrons. The molecule has 1 aromatic carbocycles. The number of methoxy groups -OCH3 is 1. The number of hydrogen-bond donors (Lipinski definition) is 2. The van der Waals surface area contributed by atoms with E-state index in [2.05, 4.69) is 15.6 Å². The summed E-state index contributed by atoms with van der Waals surface area (Å²) >= 11 is 0. The van der Waals surface area contributed by atoms with Gasteiger partial charge in [0, 0.05) is 24.4 Å². The van der Waals surface area contributed by atoms with Gasteiger partial charge in [0.05, 0.1) is 19.4 Å². The summed E-state index contributed by atoms with van der Waals surface area (Å²) in [5, 5.41) is 4.79. The minimum absolute atomic E-state index is 0.0603. The first kappa shape index (κ1) is 18.2. The number of hydrogen-bond acceptors (Lipinski definition) is 5. The Balaban J connectivity index is 2.01. The quantitative estimate of drug-likeness (QED) is 0.779. The van der Waals surface area contributed by atoms with Crippen LogP contribution >= 0.6 is 0 Å². The lowest BCUT2D eigenvalue weighted by Gasteiger charge is -2.12. The molecule has 2 amide bonds. The third kappa shape index (κ3) is 4.90. The normalized spacial score (nSPS) is 10.0. The topological polar surface area (TPSA) is 89.5 Å². The Kier molecular flexibility index (Phi) is 6.27. The monoisotopic (exact) mass is 347 g/mol. The first-order chi connectivity index (χ1) is 12.0. The van der Waals surface area contributed by atoms with Crippen molar-refractivity contribution >= 4 is 17.5 Å². The zero-order valence-electron chi connectivity index (χ0n) is 13.8. The fraction of sp³-hybridized carbons (Fsp3) is 0.235. The van der Waals surface area contributed by atoms with Gasteiger partial charge in [-0.05, 0) is 25.1 Å². The van der Waals surface area contributed by atoms with Gasteiger partial charge in [-0.2, -0.15) is 0 Å². The van der Waals surface area contributed by atoms with Crippen molar-refractivity contribution in [3.05, 3.63) is 47.9 Å². The molecule has 2 N–H and O–H groups in total. The average molecular weight is 347 g/mol. The molecule has 0 bridgehead atoms. The highest BCUT2D eigenvalue weighted by Gasteiger charge is 2.17. The van der Waals surface area contributed by atoms with E-state index in [1.807, 2.05) is 0 Å². The van der Waals surface area contributed by atoms with Gasteiger partial charge >= 0.3 is 11.8 Å². The van der Waals surface area contributed by atoms with E-state index in [-0.39, 0.29) is 18.0 Å². The molecule has 0 aliphatic carbocycles. The van der Waals surface area contributed by atoms with Crippen LogP contribution in [0.25, 0.3) is 0 Å². The lowest BCUT2D eigenvalue weighted by molar-refractivity contribution is -0.136. The predicted molar refractivity (Wildman–Crippen MR) is 88.8 cm³/mol. The van der Waals surface area contributed by atoms with Gasteiger partial charge in [-0.25, -0.2) is 9.37 Å². The van der Waals surface area contributed by atoms with Gasteiger partial charge in [-0.15, -0.1) is 0 Å². The van der Waals surface area contributed by atoms with E-state index < -0.39 is 17.6 Å². The standard InChI is InChI=1S/C17H18FN3O4/c1-3-25-14-7-6-12(18)9-13(14)21-16(23)15(22)20-10-11-5-4-8-19-17(11)24-2/h4-9H,3,10H2,1-2H3,(H,20,22)(H,21,23). The highest BCUT2D eigenvalue weighted by Crippen LogP contribution is 2.25. The summed E-state index contributed by atoms with van der Waals surface area (Å²) in [5.74, 6) is -1.74. The van der Waals surface area contributed by atoms with Crippen molar-refractivity contribution in [3.8, 4) is 11.6 Å². The molecule has 1 heterocycles. The number of rotatable bonds is 6. The second kappa shape index (κ2) is 8.62. The number of ether oxygens (including phenoxy) is 2. The molecule has 2 rings (SSSR count). The van der Waals surface area contributed by atoms with Crippen LogP contribution in [-0.4, -0.2) is 30.5 Å². The molecule has 0 aliphatic rings. The number of nitrogens with one attached hydrogen (secondary N) is 2. The molecule has 0 radical (unpaired) electrons. The van der Waals surface area contributed by atoms with E-state index in [1.54, 1.807) is 25.3 Å². The summed E-state index contributed by atoms with van der Waals surface area (Å²) in [7, 11) is 1.46. The highest BCUT2D eigenvalue weighted by atomic mass is 19.1. The lowest BCUT2D eigenvalue weighted by Crippen LogP contribution is -2.35. The number of carbonyl (C=O) groups is 2. The summed E-state index contributed by atoms with van der Waals surface area (Å²) in [4.78, 5) is 28.0. The van der Waals surface area contributed by atoms with Crippen molar-refractivity contribution in [2.45, 2.75) is 13.5 Å². The number of pyridine rings is 1. The summed E-state index contributed by atoms with van der Waals surface area (Å²) in [6, 6.07) is 7.07. The van der Waals surface area contributed by atoms with Gasteiger partial charge in [-0.3, -0.25) is 9.59 Å². The fourth-order valence-corrected chi connectivity index (χ4v) is 2.06. The van der Waals surface area contributed by atoms with Gasteiger partial charge < -0.3 is 20.1 Å². The van der Waals surface area contributed by atoms with E-state index in [9.17, 15) is 14.0 Å². The molecular formula is C17H18FN3O4. The van der Waals surface area contributed by atoms with Gasteiger partial charge in [0.2, 0.25) is 5.88 Å². The minimum Gasteiger partial charge on any atom is -0.492 e. The van der Waals surface area contributed by atoms with Crippen LogP contribution in [0.5, 0.6) is 11.6 Å². The number of aromatic nitrogens is 1. The van der Waals surface area contributed by atoms with Gasteiger partial charge in [0.25, 0.3) is 0 Å². The van der Waals surface area contributed by atoms with Crippen LogP contribution < -0.4 is 20.1 Å². The molecule has 0 atom stereocenters. The third-order valence-electron chi connectivity index (χ3n) is 3.18. The first-order valence-corrected chi connectivity index (χ1v) is 7.54. The molecule has 1 aromatic heterocycles. The molecule has 0 aliphatic heterocycles. The van der Waals surface area contributed by atoms with Gasteiger partial charge in [-0.1, -0.05) is 6.07 Å². The number of amides is 2. The van der Waals surface area contributed by atoms with E-state index in [1.165, 1.54) is 19.2 Å². The minimum atomic E-state index is -0.936. The zero-order valence-corrected chi connectivity index (χ0v) is 13.8. The Bertz CT molecular complexity index is 767. The van der Waals surface area contributed by atoms with Crippen molar-refractivity contribution in [1.82, 2.24) is 10.3 Å². The maximum atomic E-state index is 13.4. The number of nitrogens with zero attached hydrogens (tertiary/aromatic N) is 1. The summed E-state index contributed by atoms with van der Waals surface area (Å²) < 4.78 is 23.7. The molecule has 0 spiro atoms. The second-order valence-corrected chi connectivity index (χ2v) is 4.88. The van der Waals surface area contributed by atoms with Crippen molar-refractivity contribution in [2.75, 3.05) is 19.0 Å². The van der Waals surface area contributed by atoms with Crippen LogP contribution in [0.4, 0.5) is 10.1 Å². The Morgan fingerprint density at radius 3 is 2.76 bits per heavy atom. The highest BCUT2D eigenvalue weighted by molar-refractivity contribution is 6.39. The summed E-state index contributed by atoms with van der Waals surface area (Å²) in [6.45, 7) is 2.15.